The molecule has 2 rings (SSSR count). The van der Waals surface area contributed by atoms with Gasteiger partial charge in [0.25, 0.3) is 0 Å². The Balaban J connectivity index is 1.80. The third-order valence-electron chi connectivity index (χ3n) is 3.20. The Labute approximate surface area is 149 Å². The highest BCUT2D eigenvalue weighted by atomic mass is 35.5. The summed E-state index contributed by atoms with van der Waals surface area (Å²) < 4.78 is 52.6. The van der Waals surface area contributed by atoms with Crippen LogP contribution in [0.3, 0.4) is 0 Å². The van der Waals surface area contributed by atoms with Gasteiger partial charge < -0.3 is 5.32 Å². The summed E-state index contributed by atoms with van der Waals surface area (Å²) in [5, 5.41) is 2.60. The normalized spacial score (nSPS) is 11.3. The Morgan fingerprint density at radius 3 is 2.40 bits per heavy atom. The maximum atomic E-state index is 13.6. The van der Waals surface area contributed by atoms with Crippen molar-refractivity contribution in [3.05, 3.63) is 59.1 Å². The molecule has 0 heterocycles. The minimum absolute atomic E-state index is 0.00120. The van der Waals surface area contributed by atoms with Gasteiger partial charge in [0.15, 0.2) is 0 Å². The average molecular weight is 389 g/mol. The molecule has 2 aromatic rings. The lowest BCUT2D eigenvalue weighted by Gasteiger charge is -2.08. The molecule has 0 saturated heterocycles. The highest BCUT2D eigenvalue weighted by molar-refractivity contribution is 7.89. The van der Waals surface area contributed by atoms with Crippen molar-refractivity contribution in [2.45, 2.75) is 17.7 Å². The fourth-order valence-electron chi connectivity index (χ4n) is 1.96. The number of halogens is 3. The van der Waals surface area contributed by atoms with Gasteiger partial charge in [-0.3, -0.25) is 4.79 Å². The van der Waals surface area contributed by atoms with E-state index in [0.717, 1.165) is 30.3 Å². The fourth-order valence-corrected chi connectivity index (χ4v) is 3.19. The maximum absolute atomic E-state index is 13.6. The predicted molar refractivity (Wildman–Crippen MR) is 90.9 cm³/mol. The van der Waals surface area contributed by atoms with E-state index in [4.69, 9.17) is 11.6 Å². The molecule has 2 aromatic carbocycles. The molecule has 0 bridgehead atoms. The largest absolute Gasteiger partial charge is 0.324 e. The van der Waals surface area contributed by atoms with E-state index in [2.05, 4.69) is 10.0 Å². The molecule has 134 valence electrons. The summed E-state index contributed by atoms with van der Waals surface area (Å²) in [7, 11) is -3.77. The van der Waals surface area contributed by atoms with Gasteiger partial charge >= 0.3 is 0 Å². The smallest absolute Gasteiger partial charge is 0.240 e. The second-order valence-electron chi connectivity index (χ2n) is 5.13. The van der Waals surface area contributed by atoms with Gasteiger partial charge in [0.1, 0.15) is 11.6 Å². The lowest BCUT2D eigenvalue weighted by molar-refractivity contribution is -0.116. The third-order valence-corrected chi connectivity index (χ3v) is 4.91. The number of amides is 1. The van der Waals surface area contributed by atoms with Crippen molar-refractivity contribution in [1.82, 2.24) is 4.72 Å². The lowest BCUT2D eigenvalue weighted by atomic mass is 10.2. The van der Waals surface area contributed by atoms with E-state index in [9.17, 15) is 22.0 Å². The molecule has 2 N–H and O–H groups in total. The van der Waals surface area contributed by atoms with Crippen LogP contribution in [0, 0.1) is 11.6 Å². The molecule has 25 heavy (non-hydrogen) atoms. The monoisotopic (exact) mass is 388 g/mol. The van der Waals surface area contributed by atoms with Crippen molar-refractivity contribution >= 4 is 33.2 Å². The lowest BCUT2D eigenvalue weighted by Crippen LogP contribution is -2.25. The molecular formula is C16H15ClF2N2O3S. The summed E-state index contributed by atoms with van der Waals surface area (Å²) in [6.45, 7) is 0.0101. The van der Waals surface area contributed by atoms with Crippen LogP contribution in [-0.2, 0) is 14.8 Å². The van der Waals surface area contributed by atoms with Gasteiger partial charge in [0, 0.05) is 18.0 Å². The number of hydrogen-bond donors (Lipinski definition) is 2. The first kappa shape index (κ1) is 19.3. The number of anilines is 1. The Morgan fingerprint density at radius 2 is 1.76 bits per heavy atom. The van der Waals surface area contributed by atoms with Gasteiger partial charge in [0.2, 0.25) is 15.9 Å². The molecular weight excluding hydrogens is 374 g/mol. The summed E-state index contributed by atoms with van der Waals surface area (Å²) in [4.78, 5) is 11.7. The van der Waals surface area contributed by atoms with Crippen LogP contribution in [0.4, 0.5) is 14.5 Å². The van der Waals surface area contributed by atoms with Crippen molar-refractivity contribution < 1.29 is 22.0 Å². The molecule has 0 spiro atoms. The van der Waals surface area contributed by atoms with Gasteiger partial charge in [-0.2, -0.15) is 0 Å². The number of carbonyl (C=O) groups is 1. The molecule has 0 saturated carbocycles. The zero-order chi connectivity index (χ0) is 18.4. The van der Waals surface area contributed by atoms with Gasteiger partial charge in [-0.25, -0.2) is 21.9 Å². The van der Waals surface area contributed by atoms with E-state index in [1.807, 2.05) is 0 Å². The summed E-state index contributed by atoms with van der Waals surface area (Å²) in [6.07, 6.45) is 0.204. The molecule has 5 nitrogen and oxygen atoms in total. The number of rotatable bonds is 7. The van der Waals surface area contributed by atoms with Crippen LogP contribution in [0.15, 0.2) is 47.4 Å². The van der Waals surface area contributed by atoms with Crippen molar-refractivity contribution in [3.8, 4) is 0 Å². The topological polar surface area (TPSA) is 75.3 Å². The maximum Gasteiger partial charge on any atom is 0.240 e. The fraction of sp³-hybridized carbons (Fsp3) is 0.188. The summed E-state index contributed by atoms with van der Waals surface area (Å²) in [5.41, 5.74) is 0.00120. The Hall–Kier alpha value is -2.03. The van der Waals surface area contributed by atoms with Crippen LogP contribution in [-0.4, -0.2) is 20.9 Å². The highest BCUT2D eigenvalue weighted by Crippen LogP contribution is 2.19. The Morgan fingerprint density at radius 1 is 1.08 bits per heavy atom. The van der Waals surface area contributed by atoms with Gasteiger partial charge in [-0.15, -0.1) is 0 Å². The average Bonchev–Trinajstić information content (AvgIpc) is 2.55. The minimum Gasteiger partial charge on any atom is -0.324 e. The van der Waals surface area contributed by atoms with Crippen LogP contribution in [0.5, 0.6) is 0 Å². The number of sulfonamides is 1. The van der Waals surface area contributed by atoms with Crippen LogP contribution in [0.2, 0.25) is 5.02 Å². The quantitative estimate of drug-likeness (QED) is 0.714. The molecule has 0 atom stereocenters. The van der Waals surface area contributed by atoms with Crippen LogP contribution < -0.4 is 10.0 Å². The predicted octanol–water partition coefficient (Wildman–Crippen LogP) is 3.32. The Bertz CT molecular complexity index is 858. The first-order valence-corrected chi connectivity index (χ1v) is 9.14. The Kier molecular flexibility index (Phi) is 6.46. The molecule has 1 amide bonds. The van der Waals surface area contributed by atoms with E-state index < -0.39 is 27.6 Å². The van der Waals surface area contributed by atoms with Crippen molar-refractivity contribution in [1.29, 1.82) is 0 Å². The van der Waals surface area contributed by atoms with Crippen molar-refractivity contribution in [3.63, 3.8) is 0 Å². The first-order valence-electron chi connectivity index (χ1n) is 7.28. The van der Waals surface area contributed by atoms with E-state index in [0.29, 0.717) is 0 Å². The molecule has 0 aliphatic carbocycles. The van der Waals surface area contributed by atoms with Crippen molar-refractivity contribution in [2.24, 2.45) is 0 Å². The number of benzene rings is 2. The second kappa shape index (κ2) is 8.37. The minimum atomic E-state index is -3.77. The van der Waals surface area contributed by atoms with Crippen molar-refractivity contribution in [2.75, 3.05) is 11.9 Å². The number of carbonyl (C=O) groups excluding carboxylic acids is 1. The number of nitrogens with one attached hydrogen (secondary N) is 2. The zero-order valence-electron chi connectivity index (χ0n) is 12.9. The van der Waals surface area contributed by atoms with Crippen LogP contribution >= 0.6 is 11.6 Å². The van der Waals surface area contributed by atoms with E-state index in [1.54, 1.807) is 0 Å². The number of hydrogen-bond acceptors (Lipinski definition) is 3. The SMILES string of the molecule is O=C(CCCNS(=O)(=O)c1ccc(F)cc1)Nc1ccc(Cl)cc1F. The molecule has 0 aromatic heterocycles. The first-order chi connectivity index (χ1) is 11.8. The molecule has 9 heteroatoms. The standard InChI is InChI=1S/C16H15ClF2N2O3S/c17-11-3-8-15(14(19)10-11)21-16(22)2-1-9-20-25(23,24)13-6-4-12(18)5-7-13/h3-8,10,20H,1-2,9H2,(H,21,22). The van der Waals surface area contributed by atoms with Gasteiger partial charge in [0.05, 0.1) is 10.6 Å². The molecule has 0 radical (unpaired) electrons. The second-order valence-corrected chi connectivity index (χ2v) is 7.33. The summed E-state index contributed by atoms with van der Waals surface area (Å²) in [6, 6.07) is 8.24. The van der Waals surface area contributed by atoms with Crippen LogP contribution in [0.1, 0.15) is 12.8 Å². The van der Waals surface area contributed by atoms with Gasteiger partial charge in [-0.1, -0.05) is 11.6 Å². The van der Waals surface area contributed by atoms with E-state index >= 15 is 0 Å². The van der Waals surface area contributed by atoms with Crippen LogP contribution in [0.25, 0.3) is 0 Å². The molecule has 0 fully saturated rings. The van der Waals surface area contributed by atoms with E-state index in [-0.39, 0.29) is 35.0 Å². The summed E-state index contributed by atoms with van der Waals surface area (Å²) >= 11 is 5.62. The van der Waals surface area contributed by atoms with Gasteiger partial charge in [-0.05, 0) is 48.9 Å². The summed E-state index contributed by atoms with van der Waals surface area (Å²) in [5.74, 6) is -1.65. The molecule has 0 aliphatic rings. The molecule has 0 unspecified atom stereocenters. The van der Waals surface area contributed by atoms with E-state index in [1.165, 1.54) is 12.1 Å². The highest BCUT2D eigenvalue weighted by Gasteiger charge is 2.14. The third kappa shape index (κ3) is 5.77. The zero-order valence-corrected chi connectivity index (χ0v) is 14.5. The molecule has 0 aliphatic heterocycles.